The average Bonchev–Trinajstić information content (AvgIpc) is 3.39. The summed E-state index contributed by atoms with van der Waals surface area (Å²) in [6, 6.07) is 16.2. The molecular weight excluding hydrogens is 400 g/mol. The van der Waals surface area contributed by atoms with Crippen LogP contribution in [0.25, 0.3) is 11.0 Å². The third kappa shape index (κ3) is 3.78. The lowest BCUT2D eigenvalue weighted by atomic mass is 9.77. The maximum absolute atomic E-state index is 13.5. The monoisotopic (exact) mass is 430 g/mol. The van der Waals surface area contributed by atoms with E-state index in [2.05, 4.69) is 27.0 Å². The van der Waals surface area contributed by atoms with Crippen molar-refractivity contribution in [2.24, 2.45) is 11.8 Å². The Labute approximate surface area is 188 Å². The van der Waals surface area contributed by atoms with Crippen molar-refractivity contribution in [2.75, 3.05) is 18.0 Å². The van der Waals surface area contributed by atoms with E-state index in [1.807, 2.05) is 48.2 Å². The number of carbonyl (C=O) groups is 2. The second kappa shape index (κ2) is 8.77. The lowest BCUT2D eigenvalue weighted by Gasteiger charge is -2.32. The summed E-state index contributed by atoms with van der Waals surface area (Å²) >= 11 is 0. The predicted octanol–water partition coefficient (Wildman–Crippen LogP) is 3.86. The number of hydrogen-bond acceptors (Lipinski definition) is 3. The molecule has 2 heterocycles. The zero-order valence-corrected chi connectivity index (χ0v) is 18.6. The molecule has 0 unspecified atom stereocenters. The van der Waals surface area contributed by atoms with Crippen molar-refractivity contribution in [3.63, 3.8) is 0 Å². The smallest absolute Gasteiger partial charge is 0.230 e. The minimum Gasteiger partial charge on any atom is -0.354 e. The van der Waals surface area contributed by atoms with Crippen LogP contribution < -0.4 is 10.2 Å². The van der Waals surface area contributed by atoms with Crippen molar-refractivity contribution in [3.05, 3.63) is 59.9 Å². The molecule has 166 valence electrons. The predicted molar refractivity (Wildman–Crippen MR) is 125 cm³/mol. The highest BCUT2D eigenvalue weighted by molar-refractivity contribution is 5.99. The van der Waals surface area contributed by atoms with Crippen LogP contribution in [-0.4, -0.2) is 34.5 Å². The number of fused-ring (bicyclic) bond motifs is 2. The van der Waals surface area contributed by atoms with Gasteiger partial charge in [-0.05, 0) is 49.9 Å². The van der Waals surface area contributed by atoms with Crippen molar-refractivity contribution in [2.45, 2.75) is 45.6 Å². The van der Waals surface area contributed by atoms with E-state index < -0.39 is 0 Å². The van der Waals surface area contributed by atoms with Gasteiger partial charge in [0.1, 0.15) is 5.82 Å². The minimum atomic E-state index is -0.246. The van der Waals surface area contributed by atoms with Crippen LogP contribution in [0.2, 0.25) is 0 Å². The second-order valence-corrected chi connectivity index (χ2v) is 8.96. The van der Waals surface area contributed by atoms with Gasteiger partial charge in [0.05, 0.1) is 17.0 Å². The normalized spacial score (nSPS) is 20.3. The third-order valence-corrected chi connectivity index (χ3v) is 7.05. The van der Waals surface area contributed by atoms with E-state index in [0.29, 0.717) is 13.1 Å². The third-order valence-electron chi connectivity index (χ3n) is 7.05. The first-order chi connectivity index (χ1) is 15.6. The number of amides is 2. The fraction of sp³-hybridized carbons (Fsp3) is 0.423. The summed E-state index contributed by atoms with van der Waals surface area (Å²) in [6.07, 6.45) is 4.48. The van der Waals surface area contributed by atoms with Gasteiger partial charge in [-0.3, -0.25) is 9.59 Å². The van der Waals surface area contributed by atoms with E-state index in [0.717, 1.165) is 61.2 Å². The van der Waals surface area contributed by atoms with Gasteiger partial charge in [0.2, 0.25) is 11.8 Å². The maximum atomic E-state index is 13.5. The van der Waals surface area contributed by atoms with E-state index in [-0.39, 0.29) is 23.7 Å². The van der Waals surface area contributed by atoms with E-state index in [9.17, 15) is 9.59 Å². The van der Waals surface area contributed by atoms with E-state index in [4.69, 9.17) is 0 Å². The molecule has 6 nitrogen and oxygen atoms in total. The summed E-state index contributed by atoms with van der Waals surface area (Å²) in [6.45, 7) is 3.91. The highest BCUT2D eigenvalue weighted by atomic mass is 16.2. The first-order valence-electron chi connectivity index (χ1n) is 11.7. The molecule has 1 aliphatic carbocycles. The van der Waals surface area contributed by atoms with Crippen LogP contribution in [0.1, 0.15) is 37.1 Å². The molecule has 1 fully saturated rings. The van der Waals surface area contributed by atoms with Crippen LogP contribution in [0.5, 0.6) is 0 Å². The van der Waals surface area contributed by atoms with Crippen molar-refractivity contribution >= 4 is 28.5 Å². The van der Waals surface area contributed by atoms with E-state index in [1.165, 1.54) is 5.56 Å². The number of aryl methyl sites for hydroxylation is 1. The zero-order valence-electron chi connectivity index (χ0n) is 18.6. The SMILES string of the molecule is Cc1nc2ccccc2n1CCNC(=O)[C@H]1CCCC[C@H]1C(=O)N1CCc2ccccc21. The molecule has 1 saturated carbocycles. The summed E-state index contributed by atoms with van der Waals surface area (Å²) in [5.41, 5.74) is 4.29. The minimum absolute atomic E-state index is 0.0117. The Hall–Kier alpha value is -3.15. The summed E-state index contributed by atoms with van der Waals surface area (Å²) in [4.78, 5) is 33.1. The van der Waals surface area contributed by atoms with Crippen molar-refractivity contribution in [3.8, 4) is 0 Å². The molecular formula is C26H30N4O2. The highest BCUT2D eigenvalue weighted by Gasteiger charge is 2.39. The number of nitrogens with one attached hydrogen (secondary N) is 1. The summed E-state index contributed by atoms with van der Waals surface area (Å²) < 4.78 is 2.14. The Balaban J connectivity index is 1.25. The lowest BCUT2D eigenvalue weighted by molar-refractivity contribution is -0.135. The molecule has 6 heteroatoms. The summed E-state index contributed by atoms with van der Waals surface area (Å²) in [5.74, 6) is 0.595. The Kier molecular flexibility index (Phi) is 5.68. The summed E-state index contributed by atoms with van der Waals surface area (Å²) in [7, 11) is 0. The number of imidazole rings is 1. The number of carbonyl (C=O) groups excluding carboxylic acids is 2. The van der Waals surface area contributed by atoms with Gasteiger partial charge in [0.15, 0.2) is 0 Å². The first kappa shape index (κ1) is 20.7. The molecule has 5 rings (SSSR count). The fourth-order valence-electron chi connectivity index (χ4n) is 5.41. The molecule has 0 saturated heterocycles. The quantitative estimate of drug-likeness (QED) is 0.668. The molecule has 2 atom stereocenters. The molecule has 1 aromatic heterocycles. The van der Waals surface area contributed by atoms with Crippen LogP contribution in [-0.2, 0) is 22.6 Å². The van der Waals surface area contributed by atoms with Crippen molar-refractivity contribution in [1.29, 1.82) is 0 Å². The Morgan fingerprint density at radius 1 is 1.03 bits per heavy atom. The molecule has 0 radical (unpaired) electrons. The second-order valence-electron chi connectivity index (χ2n) is 8.96. The van der Waals surface area contributed by atoms with Crippen LogP contribution in [0.4, 0.5) is 5.69 Å². The highest BCUT2D eigenvalue weighted by Crippen LogP contribution is 2.35. The number of para-hydroxylation sites is 3. The Morgan fingerprint density at radius 3 is 2.66 bits per heavy atom. The molecule has 0 bridgehead atoms. The van der Waals surface area contributed by atoms with Crippen molar-refractivity contribution in [1.82, 2.24) is 14.9 Å². The fourth-order valence-corrected chi connectivity index (χ4v) is 5.41. The van der Waals surface area contributed by atoms with Crippen LogP contribution in [0, 0.1) is 18.8 Å². The van der Waals surface area contributed by atoms with E-state index in [1.54, 1.807) is 0 Å². The van der Waals surface area contributed by atoms with Gasteiger partial charge in [-0.25, -0.2) is 4.98 Å². The molecule has 2 aromatic carbocycles. The van der Waals surface area contributed by atoms with Gasteiger partial charge in [-0.2, -0.15) is 0 Å². The lowest BCUT2D eigenvalue weighted by Crippen LogP contribution is -2.45. The molecule has 0 spiro atoms. The van der Waals surface area contributed by atoms with E-state index >= 15 is 0 Å². The van der Waals surface area contributed by atoms with Crippen molar-refractivity contribution < 1.29 is 9.59 Å². The van der Waals surface area contributed by atoms with Gasteiger partial charge in [-0.1, -0.05) is 43.2 Å². The first-order valence-corrected chi connectivity index (χ1v) is 11.7. The van der Waals surface area contributed by atoms with Crippen LogP contribution >= 0.6 is 0 Å². The zero-order chi connectivity index (χ0) is 22.1. The Morgan fingerprint density at radius 2 is 1.78 bits per heavy atom. The number of rotatable bonds is 5. The molecule has 2 amide bonds. The van der Waals surface area contributed by atoms with Gasteiger partial charge in [0.25, 0.3) is 0 Å². The largest absolute Gasteiger partial charge is 0.354 e. The van der Waals surface area contributed by atoms with Crippen LogP contribution in [0.3, 0.4) is 0 Å². The molecule has 2 aliphatic rings. The number of hydrogen-bond donors (Lipinski definition) is 1. The number of anilines is 1. The number of aromatic nitrogens is 2. The summed E-state index contributed by atoms with van der Waals surface area (Å²) in [5, 5.41) is 3.12. The van der Waals surface area contributed by atoms with Gasteiger partial charge in [-0.15, -0.1) is 0 Å². The number of nitrogens with zero attached hydrogens (tertiary/aromatic N) is 3. The molecule has 3 aromatic rings. The van der Waals surface area contributed by atoms with Crippen LogP contribution in [0.15, 0.2) is 48.5 Å². The standard InChI is InChI=1S/C26H30N4O2/c1-18-28-22-11-5-7-13-24(22)29(18)17-15-27-25(31)20-9-3-4-10-21(20)26(32)30-16-14-19-8-2-6-12-23(19)30/h2,5-8,11-13,20-21H,3-4,9-10,14-17H2,1H3,(H,27,31)/t20-,21+/m0/s1. The maximum Gasteiger partial charge on any atom is 0.230 e. The Bertz CT molecular complexity index is 1150. The number of benzene rings is 2. The molecule has 1 N–H and O–H groups in total. The van der Waals surface area contributed by atoms with Gasteiger partial charge < -0.3 is 14.8 Å². The molecule has 32 heavy (non-hydrogen) atoms. The topological polar surface area (TPSA) is 67.2 Å². The van der Waals surface area contributed by atoms with Gasteiger partial charge in [0, 0.05) is 31.2 Å². The molecule has 1 aliphatic heterocycles. The average molecular weight is 431 g/mol. The van der Waals surface area contributed by atoms with Gasteiger partial charge >= 0.3 is 0 Å².